The fourth-order valence-corrected chi connectivity index (χ4v) is 4.26. The standard InChI is InChI=1S/C23H28N2O2.ClH/c26-22(25-16-12-23(13-17-25)10-14-24-15-11-23)20-6-8-21(9-7-20)27-18-19-4-2-1-3-5-19;/h1-9,24H,10-18H2;1H. The lowest BCUT2D eigenvalue weighted by molar-refractivity contribution is 0.0495. The van der Waals surface area contributed by atoms with Crippen molar-refractivity contribution in [3.63, 3.8) is 0 Å². The van der Waals surface area contributed by atoms with Crippen LogP contribution in [0.15, 0.2) is 54.6 Å². The van der Waals surface area contributed by atoms with Gasteiger partial charge in [-0.2, -0.15) is 0 Å². The van der Waals surface area contributed by atoms with Crippen molar-refractivity contribution < 1.29 is 9.53 Å². The van der Waals surface area contributed by atoms with E-state index in [0.717, 1.165) is 55.9 Å². The van der Waals surface area contributed by atoms with Gasteiger partial charge in [0.25, 0.3) is 5.91 Å². The van der Waals surface area contributed by atoms with Gasteiger partial charge in [-0.3, -0.25) is 4.79 Å². The van der Waals surface area contributed by atoms with Crippen LogP contribution in [-0.2, 0) is 6.61 Å². The summed E-state index contributed by atoms with van der Waals surface area (Å²) in [6.07, 6.45) is 4.78. The topological polar surface area (TPSA) is 41.6 Å². The van der Waals surface area contributed by atoms with Crippen molar-refractivity contribution in [2.75, 3.05) is 26.2 Å². The van der Waals surface area contributed by atoms with Crippen LogP contribution < -0.4 is 10.1 Å². The number of nitrogens with one attached hydrogen (secondary N) is 1. The Morgan fingerprint density at radius 3 is 2.21 bits per heavy atom. The smallest absolute Gasteiger partial charge is 0.253 e. The van der Waals surface area contributed by atoms with Gasteiger partial charge in [0, 0.05) is 18.7 Å². The lowest BCUT2D eigenvalue weighted by atomic mass is 9.71. The molecule has 1 amide bonds. The minimum absolute atomic E-state index is 0. The van der Waals surface area contributed by atoms with Crippen molar-refractivity contribution in [3.8, 4) is 5.75 Å². The second-order valence-corrected chi connectivity index (χ2v) is 7.84. The highest BCUT2D eigenvalue weighted by Gasteiger charge is 2.36. The third-order valence-electron chi connectivity index (χ3n) is 6.13. The maximum Gasteiger partial charge on any atom is 0.253 e. The van der Waals surface area contributed by atoms with Gasteiger partial charge in [-0.25, -0.2) is 0 Å². The van der Waals surface area contributed by atoms with Crippen LogP contribution in [0.5, 0.6) is 5.75 Å². The summed E-state index contributed by atoms with van der Waals surface area (Å²) < 4.78 is 5.82. The highest BCUT2D eigenvalue weighted by Crippen LogP contribution is 2.39. The van der Waals surface area contributed by atoms with E-state index in [0.29, 0.717) is 12.0 Å². The van der Waals surface area contributed by atoms with Crippen LogP contribution >= 0.6 is 12.4 Å². The first-order chi connectivity index (χ1) is 13.2. The quantitative estimate of drug-likeness (QED) is 0.832. The number of carbonyl (C=O) groups is 1. The second-order valence-electron chi connectivity index (χ2n) is 7.84. The second kappa shape index (κ2) is 9.44. The zero-order valence-corrected chi connectivity index (χ0v) is 17.0. The number of hydrogen-bond acceptors (Lipinski definition) is 3. The first-order valence-electron chi connectivity index (χ1n) is 10.0. The summed E-state index contributed by atoms with van der Waals surface area (Å²) in [5.74, 6) is 0.941. The summed E-state index contributed by atoms with van der Waals surface area (Å²) in [5.41, 5.74) is 2.36. The Morgan fingerprint density at radius 1 is 0.929 bits per heavy atom. The van der Waals surface area contributed by atoms with Crippen LogP contribution in [0.4, 0.5) is 0 Å². The average Bonchev–Trinajstić information content (AvgIpc) is 2.74. The zero-order chi connectivity index (χ0) is 18.5. The molecule has 0 atom stereocenters. The Labute approximate surface area is 173 Å². The van der Waals surface area contributed by atoms with E-state index >= 15 is 0 Å². The van der Waals surface area contributed by atoms with E-state index in [9.17, 15) is 4.79 Å². The molecule has 4 nitrogen and oxygen atoms in total. The summed E-state index contributed by atoms with van der Waals surface area (Å²) >= 11 is 0. The molecule has 5 heteroatoms. The van der Waals surface area contributed by atoms with Gasteiger partial charge in [-0.05, 0) is 74.0 Å². The third kappa shape index (κ3) is 4.86. The minimum atomic E-state index is 0. The molecule has 4 rings (SSSR count). The fraction of sp³-hybridized carbons (Fsp3) is 0.435. The van der Waals surface area contributed by atoms with Crippen molar-refractivity contribution in [2.24, 2.45) is 5.41 Å². The summed E-state index contributed by atoms with van der Waals surface area (Å²) in [7, 11) is 0. The Hall–Kier alpha value is -2.04. The molecule has 0 saturated carbocycles. The SMILES string of the molecule is Cl.O=C(c1ccc(OCc2ccccc2)cc1)N1CCC2(CCNCC2)CC1. The van der Waals surface area contributed by atoms with Gasteiger partial charge in [0.05, 0.1) is 0 Å². The van der Waals surface area contributed by atoms with Gasteiger partial charge in [0.2, 0.25) is 0 Å². The predicted octanol–water partition coefficient (Wildman–Crippen LogP) is 4.29. The van der Waals surface area contributed by atoms with Gasteiger partial charge >= 0.3 is 0 Å². The summed E-state index contributed by atoms with van der Waals surface area (Å²) in [6, 6.07) is 17.7. The molecule has 2 aromatic rings. The lowest BCUT2D eigenvalue weighted by Crippen LogP contribution is -2.47. The van der Waals surface area contributed by atoms with E-state index in [1.807, 2.05) is 59.5 Å². The molecule has 0 bridgehead atoms. The van der Waals surface area contributed by atoms with E-state index in [2.05, 4.69) is 5.32 Å². The third-order valence-corrected chi connectivity index (χ3v) is 6.13. The van der Waals surface area contributed by atoms with Crippen molar-refractivity contribution in [1.29, 1.82) is 0 Å². The number of hydrogen-bond donors (Lipinski definition) is 1. The van der Waals surface area contributed by atoms with Crippen molar-refractivity contribution in [1.82, 2.24) is 10.2 Å². The molecule has 1 spiro atoms. The summed E-state index contributed by atoms with van der Waals surface area (Å²) in [6.45, 7) is 4.55. The van der Waals surface area contributed by atoms with Crippen LogP contribution in [0, 0.1) is 5.41 Å². The fourth-order valence-electron chi connectivity index (χ4n) is 4.26. The molecule has 0 aromatic heterocycles. The minimum Gasteiger partial charge on any atom is -0.489 e. The average molecular weight is 401 g/mol. The number of nitrogens with zero attached hydrogens (tertiary/aromatic N) is 1. The first-order valence-corrected chi connectivity index (χ1v) is 10.0. The molecule has 0 radical (unpaired) electrons. The number of likely N-dealkylation sites (tertiary alicyclic amines) is 1. The maximum absolute atomic E-state index is 12.8. The molecule has 2 aromatic carbocycles. The molecule has 2 saturated heterocycles. The molecule has 2 aliphatic rings. The van der Waals surface area contributed by atoms with Gasteiger partial charge in [0.15, 0.2) is 0 Å². The molecule has 1 N–H and O–H groups in total. The van der Waals surface area contributed by atoms with Gasteiger partial charge in [0.1, 0.15) is 12.4 Å². The number of halogens is 1. The number of carbonyl (C=O) groups excluding carboxylic acids is 1. The van der Waals surface area contributed by atoms with E-state index < -0.39 is 0 Å². The molecule has 28 heavy (non-hydrogen) atoms. The summed E-state index contributed by atoms with van der Waals surface area (Å²) in [5, 5.41) is 3.45. The number of piperidine rings is 2. The number of benzene rings is 2. The van der Waals surface area contributed by atoms with Crippen molar-refractivity contribution in [3.05, 3.63) is 65.7 Å². The van der Waals surface area contributed by atoms with E-state index in [4.69, 9.17) is 4.74 Å². The van der Waals surface area contributed by atoms with E-state index in [1.54, 1.807) is 0 Å². The lowest BCUT2D eigenvalue weighted by Gasteiger charge is -2.44. The number of amides is 1. The predicted molar refractivity (Wildman–Crippen MR) is 114 cm³/mol. The maximum atomic E-state index is 12.8. The van der Waals surface area contributed by atoms with Gasteiger partial charge in [-0.1, -0.05) is 30.3 Å². The number of ether oxygens (including phenoxy) is 1. The Balaban J connectivity index is 0.00000225. The Bertz CT molecular complexity index is 748. The zero-order valence-electron chi connectivity index (χ0n) is 16.2. The largest absolute Gasteiger partial charge is 0.489 e. The first kappa shape index (κ1) is 20.7. The van der Waals surface area contributed by atoms with Crippen LogP contribution in [0.2, 0.25) is 0 Å². The molecule has 0 aliphatic carbocycles. The molecule has 0 unspecified atom stereocenters. The molecular weight excluding hydrogens is 372 g/mol. The van der Waals surface area contributed by atoms with Crippen LogP contribution in [0.1, 0.15) is 41.6 Å². The Kier molecular flexibility index (Phi) is 6.97. The Morgan fingerprint density at radius 2 is 1.57 bits per heavy atom. The number of rotatable bonds is 4. The molecule has 2 aliphatic heterocycles. The van der Waals surface area contributed by atoms with Crippen molar-refractivity contribution >= 4 is 18.3 Å². The van der Waals surface area contributed by atoms with Crippen molar-refractivity contribution in [2.45, 2.75) is 32.3 Å². The van der Waals surface area contributed by atoms with Crippen LogP contribution in [0.25, 0.3) is 0 Å². The molecule has 150 valence electrons. The monoisotopic (exact) mass is 400 g/mol. The highest BCUT2D eigenvalue weighted by molar-refractivity contribution is 5.94. The van der Waals surface area contributed by atoms with E-state index in [1.165, 1.54) is 12.8 Å². The normalized spacial score (nSPS) is 18.4. The molecular formula is C23H29ClN2O2. The molecule has 2 heterocycles. The van der Waals surface area contributed by atoms with Gasteiger partial charge in [-0.15, -0.1) is 12.4 Å². The highest BCUT2D eigenvalue weighted by atomic mass is 35.5. The molecule has 2 fully saturated rings. The van der Waals surface area contributed by atoms with Crippen LogP contribution in [-0.4, -0.2) is 37.0 Å². The van der Waals surface area contributed by atoms with E-state index in [-0.39, 0.29) is 18.3 Å². The van der Waals surface area contributed by atoms with Gasteiger partial charge < -0.3 is 15.0 Å². The van der Waals surface area contributed by atoms with Crippen LogP contribution in [0.3, 0.4) is 0 Å². The summed E-state index contributed by atoms with van der Waals surface area (Å²) in [4.78, 5) is 14.9.